The number of nitrogens with one attached hydrogen (secondary N) is 2. The summed E-state index contributed by atoms with van der Waals surface area (Å²) in [5, 5.41) is 2.63. The van der Waals surface area contributed by atoms with Crippen LogP contribution in [-0.4, -0.2) is 32.9 Å². The molecule has 0 aliphatic rings. The van der Waals surface area contributed by atoms with Gasteiger partial charge in [-0.25, -0.2) is 8.42 Å². The Balaban J connectivity index is 1.85. The van der Waals surface area contributed by atoms with Crippen LogP contribution in [0, 0.1) is 0 Å². The molecule has 0 aliphatic heterocycles. The van der Waals surface area contributed by atoms with E-state index in [4.69, 9.17) is 4.74 Å². The molecule has 0 aliphatic carbocycles. The maximum Gasteiger partial charge on any atom is 0.324 e. The highest BCUT2D eigenvalue weighted by molar-refractivity contribution is 7.89. The van der Waals surface area contributed by atoms with E-state index in [2.05, 4.69) is 30.8 Å². The Bertz CT molecular complexity index is 949. The van der Waals surface area contributed by atoms with Crippen molar-refractivity contribution in [2.75, 3.05) is 11.9 Å². The van der Waals surface area contributed by atoms with Crippen LogP contribution in [0.25, 0.3) is 0 Å². The number of carbonyl (C=O) groups excluding carboxylic acids is 2. The van der Waals surface area contributed by atoms with Gasteiger partial charge < -0.3 is 10.1 Å². The molecule has 0 aromatic heterocycles. The van der Waals surface area contributed by atoms with E-state index in [0.29, 0.717) is 5.69 Å². The second-order valence-electron chi connectivity index (χ2n) is 7.64. The molecule has 0 radical (unpaired) electrons. The van der Waals surface area contributed by atoms with Gasteiger partial charge in [-0.1, -0.05) is 51.1 Å². The Hall–Kier alpha value is -2.71. The van der Waals surface area contributed by atoms with Crippen LogP contribution in [-0.2, 0) is 29.8 Å². The monoisotopic (exact) mass is 418 g/mol. The molecule has 7 nitrogen and oxygen atoms in total. The highest BCUT2D eigenvalue weighted by Crippen LogP contribution is 2.23. The number of ether oxygens (including phenoxy) is 1. The first-order valence-corrected chi connectivity index (χ1v) is 10.6. The summed E-state index contributed by atoms with van der Waals surface area (Å²) in [5.41, 5.74) is 1.71. The molecule has 2 N–H and O–H groups in total. The van der Waals surface area contributed by atoms with Gasteiger partial charge in [0.15, 0.2) is 6.61 Å². The largest absolute Gasteiger partial charge is 0.454 e. The number of benzene rings is 2. The molecule has 8 heteroatoms. The highest BCUT2D eigenvalue weighted by atomic mass is 32.2. The second-order valence-corrected chi connectivity index (χ2v) is 9.35. The normalized spacial score (nSPS) is 12.8. The lowest BCUT2D eigenvalue weighted by molar-refractivity contribution is -0.148. The quantitative estimate of drug-likeness (QED) is 0.673. The molecule has 1 atom stereocenters. The van der Waals surface area contributed by atoms with Gasteiger partial charge in [0, 0.05) is 5.69 Å². The van der Waals surface area contributed by atoms with E-state index in [9.17, 15) is 18.0 Å². The molecule has 0 saturated heterocycles. The number of hydrogen-bond acceptors (Lipinski definition) is 5. The van der Waals surface area contributed by atoms with Gasteiger partial charge in [-0.05, 0) is 42.2 Å². The van der Waals surface area contributed by atoms with E-state index in [1.807, 2.05) is 12.1 Å². The minimum atomic E-state index is -3.86. The summed E-state index contributed by atoms with van der Waals surface area (Å²) in [6.45, 7) is 7.11. The molecule has 156 valence electrons. The first-order valence-electron chi connectivity index (χ1n) is 9.13. The summed E-state index contributed by atoms with van der Waals surface area (Å²) in [4.78, 5) is 24.1. The summed E-state index contributed by atoms with van der Waals surface area (Å²) in [5.74, 6) is -1.36. The third-order valence-corrected chi connectivity index (χ3v) is 5.68. The molecule has 0 saturated carbocycles. The van der Waals surface area contributed by atoms with Crippen molar-refractivity contribution in [3.63, 3.8) is 0 Å². The molecule has 0 spiro atoms. The number of rotatable bonds is 7. The van der Waals surface area contributed by atoms with Gasteiger partial charge in [-0.2, -0.15) is 4.72 Å². The number of anilines is 1. The smallest absolute Gasteiger partial charge is 0.324 e. The number of sulfonamides is 1. The van der Waals surface area contributed by atoms with Gasteiger partial charge in [-0.3, -0.25) is 9.59 Å². The average Bonchev–Trinajstić information content (AvgIpc) is 2.66. The van der Waals surface area contributed by atoms with Crippen LogP contribution in [0.15, 0.2) is 59.5 Å². The summed E-state index contributed by atoms with van der Waals surface area (Å²) < 4.78 is 31.6. The SMILES string of the molecule is C[C@H](NS(=O)(=O)c1ccccc1)C(=O)OCC(=O)Nc1ccc(C(C)(C)C)cc1. The first-order chi connectivity index (χ1) is 13.5. The van der Waals surface area contributed by atoms with E-state index < -0.39 is 34.5 Å². The van der Waals surface area contributed by atoms with Crippen LogP contribution in [0.1, 0.15) is 33.3 Å². The maximum atomic E-state index is 12.2. The van der Waals surface area contributed by atoms with Gasteiger partial charge in [0.25, 0.3) is 5.91 Å². The fourth-order valence-corrected chi connectivity index (χ4v) is 3.67. The van der Waals surface area contributed by atoms with E-state index in [-0.39, 0.29) is 10.3 Å². The van der Waals surface area contributed by atoms with Gasteiger partial charge in [-0.15, -0.1) is 0 Å². The Labute approximate surface area is 171 Å². The third-order valence-electron chi connectivity index (χ3n) is 4.12. The molecular formula is C21H26N2O5S. The van der Waals surface area contributed by atoms with E-state index >= 15 is 0 Å². The Morgan fingerprint density at radius 1 is 1.00 bits per heavy atom. The second kappa shape index (κ2) is 9.19. The zero-order valence-corrected chi connectivity index (χ0v) is 17.7. The van der Waals surface area contributed by atoms with Gasteiger partial charge in [0.05, 0.1) is 4.90 Å². The summed E-state index contributed by atoms with van der Waals surface area (Å²) in [6, 6.07) is 13.9. The van der Waals surface area contributed by atoms with Crippen molar-refractivity contribution >= 4 is 27.6 Å². The van der Waals surface area contributed by atoms with Crippen LogP contribution in [0.4, 0.5) is 5.69 Å². The molecule has 1 amide bonds. The van der Waals surface area contributed by atoms with Gasteiger partial charge >= 0.3 is 5.97 Å². The molecule has 2 rings (SSSR count). The van der Waals surface area contributed by atoms with E-state index in [0.717, 1.165) is 5.56 Å². The van der Waals surface area contributed by atoms with Crippen molar-refractivity contribution in [2.45, 2.75) is 44.0 Å². The summed E-state index contributed by atoms with van der Waals surface area (Å²) in [7, 11) is -3.86. The molecule has 0 fully saturated rings. The molecule has 0 unspecified atom stereocenters. The fourth-order valence-electron chi connectivity index (χ4n) is 2.46. The van der Waals surface area contributed by atoms with E-state index in [1.54, 1.807) is 30.3 Å². The van der Waals surface area contributed by atoms with Crippen LogP contribution in [0.5, 0.6) is 0 Å². The molecular weight excluding hydrogens is 392 g/mol. The van der Waals surface area contributed by atoms with E-state index in [1.165, 1.54) is 19.1 Å². The van der Waals surface area contributed by atoms with Crippen molar-refractivity contribution in [1.29, 1.82) is 0 Å². The zero-order chi connectivity index (χ0) is 21.7. The Morgan fingerprint density at radius 3 is 2.14 bits per heavy atom. The van der Waals surface area contributed by atoms with Crippen molar-refractivity contribution < 1.29 is 22.7 Å². The topological polar surface area (TPSA) is 102 Å². The van der Waals surface area contributed by atoms with Crippen molar-refractivity contribution in [2.24, 2.45) is 0 Å². The minimum absolute atomic E-state index is 0.00128. The molecule has 0 bridgehead atoms. The number of amides is 1. The van der Waals surface area contributed by atoms with Gasteiger partial charge in [0.2, 0.25) is 10.0 Å². The van der Waals surface area contributed by atoms with Gasteiger partial charge in [0.1, 0.15) is 6.04 Å². The maximum absolute atomic E-state index is 12.2. The third kappa shape index (κ3) is 6.69. The van der Waals surface area contributed by atoms with Crippen LogP contribution in [0.2, 0.25) is 0 Å². The Kier molecular flexibility index (Phi) is 7.16. The lowest BCUT2D eigenvalue weighted by Gasteiger charge is -2.19. The fraction of sp³-hybridized carbons (Fsp3) is 0.333. The zero-order valence-electron chi connectivity index (χ0n) is 16.9. The first kappa shape index (κ1) is 22.6. The van der Waals surface area contributed by atoms with Crippen molar-refractivity contribution in [1.82, 2.24) is 4.72 Å². The molecule has 2 aromatic rings. The lowest BCUT2D eigenvalue weighted by Crippen LogP contribution is -2.40. The minimum Gasteiger partial charge on any atom is -0.454 e. The highest BCUT2D eigenvalue weighted by Gasteiger charge is 2.23. The van der Waals surface area contributed by atoms with Crippen LogP contribution < -0.4 is 10.0 Å². The predicted octanol–water partition coefficient (Wildman–Crippen LogP) is 2.83. The summed E-state index contributed by atoms with van der Waals surface area (Å²) >= 11 is 0. The standard InChI is InChI=1S/C21H26N2O5S/c1-15(23-29(26,27)18-8-6-5-7-9-18)20(25)28-14-19(24)22-17-12-10-16(11-13-17)21(2,3)4/h5-13,15,23H,14H2,1-4H3,(H,22,24)/t15-/m0/s1. The van der Waals surface area contributed by atoms with Crippen LogP contribution >= 0.6 is 0 Å². The number of esters is 1. The Morgan fingerprint density at radius 2 is 1.59 bits per heavy atom. The predicted molar refractivity (Wildman–Crippen MR) is 111 cm³/mol. The van der Waals surface area contributed by atoms with Crippen LogP contribution in [0.3, 0.4) is 0 Å². The van der Waals surface area contributed by atoms with Crippen molar-refractivity contribution in [3.05, 3.63) is 60.2 Å². The summed E-state index contributed by atoms with van der Waals surface area (Å²) in [6.07, 6.45) is 0. The molecule has 0 heterocycles. The number of hydrogen-bond donors (Lipinski definition) is 2. The lowest BCUT2D eigenvalue weighted by atomic mass is 9.87. The number of carbonyl (C=O) groups is 2. The van der Waals surface area contributed by atoms with Crippen molar-refractivity contribution in [3.8, 4) is 0 Å². The molecule has 29 heavy (non-hydrogen) atoms. The molecule has 2 aromatic carbocycles. The average molecular weight is 419 g/mol.